The zero-order chi connectivity index (χ0) is 9.97. The summed E-state index contributed by atoms with van der Waals surface area (Å²) in [6.45, 7) is 2.00. The second-order valence-electron chi connectivity index (χ2n) is 3.68. The van der Waals surface area contributed by atoms with E-state index in [1.54, 1.807) is 0 Å². The molecule has 76 valence electrons. The lowest BCUT2D eigenvalue weighted by Gasteiger charge is -2.31. The van der Waals surface area contributed by atoms with E-state index in [-0.39, 0.29) is 0 Å². The molecule has 14 heavy (non-hydrogen) atoms. The van der Waals surface area contributed by atoms with Gasteiger partial charge in [-0.1, -0.05) is 0 Å². The van der Waals surface area contributed by atoms with Crippen molar-refractivity contribution in [1.82, 2.24) is 4.98 Å². The summed E-state index contributed by atoms with van der Waals surface area (Å²) in [5, 5.41) is 0. The first-order valence-corrected chi connectivity index (χ1v) is 5.67. The smallest absolute Gasteiger partial charge is 0.128 e. The van der Waals surface area contributed by atoms with Crippen molar-refractivity contribution in [3.63, 3.8) is 0 Å². The first-order chi connectivity index (χ1) is 6.75. The van der Waals surface area contributed by atoms with Gasteiger partial charge in [-0.3, -0.25) is 0 Å². The quantitative estimate of drug-likeness (QED) is 0.832. The predicted octanol–water partition coefficient (Wildman–Crippen LogP) is 1.77. The van der Waals surface area contributed by atoms with Gasteiger partial charge in [-0.15, -0.1) is 0 Å². The van der Waals surface area contributed by atoms with Crippen molar-refractivity contribution in [3.05, 3.63) is 22.8 Å². The number of aromatic nitrogens is 1. The lowest BCUT2D eigenvalue weighted by atomic mass is 10.1. The highest BCUT2D eigenvalue weighted by atomic mass is 79.9. The zero-order valence-corrected chi connectivity index (χ0v) is 9.57. The van der Waals surface area contributed by atoms with Crippen LogP contribution in [0.2, 0.25) is 0 Å². The third kappa shape index (κ3) is 2.25. The minimum Gasteiger partial charge on any atom is -0.355 e. The second-order valence-corrected chi connectivity index (χ2v) is 4.60. The highest BCUT2D eigenvalue weighted by molar-refractivity contribution is 9.10. The molecule has 1 saturated heterocycles. The highest BCUT2D eigenvalue weighted by Crippen LogP contribution is 2.18. The molecule has 1 atom stereocenters. The van der Waals surface area contributed by atoms with Gasteiger partial charge < -0.3 is 10.6 Å². The molecule has 3 nitrogen and oxygen atoms in total. The van der Waals surface area contributed by atoms with Crippen molar-refractivity contribution in [2.75, 3.05) is 18.0 Å². The van der Waals surface area contributed by atoms with E-state index < -0.39 is 0 Å². The van der Waals surface area contributed by atoms with E-state index in [1.165, 1.54) is 6.42 Å². The molecule has 0 spiro atoms. The molecule has 2 N–H and O–H groups in total. The number of hydrogen-bond acceptors (Lipinski definition) is 3. The van der Waals surface area contributed by atoms with Crippen LogP contribution in [0.5, 0.6) is 0 Å². The van der Waals surface area contributed by atoms with E-state index in [4.69, 9.17) is 5.73 Å². The van der Waals surface area contributed by atoms with Crippen LogP contribution in [0.3, 0.4) is 0 Å². The van der Waals surface area contributed by atoms with E-state index in [9.17, 15) is 0 Å². The normalized spacial score (nSPS) is 22.4. The van der Waals surface area contributed by atoms with E-state index >= 15 is 0 Å². The SMILES string of the molecule is NC1CCCN(c2ccc(Br)cn2)C1. The van der Waals surface area contributed by atoms with Gasteiger partial charge in [0.25, 0.3) is 0 Å². The van der Waals surface area contributed by atoms with E-state index in [1.807, 2.05) is 18.3 Å². The molecule has 1 aliphatic heterocycles. The first-order valence-electron chi connectivity index (χ1n) is 4.88. The van der Waals surface area contributed by atoms with Crippen molar-refractivity contribution in [3.8, 4) is 0 Å². The van der Waals surface area contributed by atoms with Gasteiger partial charge in [0, 0.05) is 29.8 Å². The average Bonchev–Trinajstić information content (AvgIpc) is 2.19. The zero-order valence-electron chi connectivity index (χ0n) is 7.99. The minimum absolute atomic E-state index is 0.300. The van der Waals surface area contributed by atoms with Crippen LogP contribution < -0.4 is 10.6 Å². The largest absolute Gasteiger partial charge is 0.355 e. The second kappa shape index (κ2) is 4.28. The fraction of sp³-hybridized carbons (Fsp3) is 0.500. The molecule has 1 unspecified atom stereocenters. The lowest BCUT2D eigenvalue weighted by Crippen LogP contribution is -2.43. The molecule has 4 heteroatoms. The summed E-state index contributed by atoms with van der Waals surface area (Å²) in [5.74, 6) is 1.03. The minimum atomic E-state index is 0.300. The maximum atomic E-state index is 5.91. The van der Waals surface area contributed by atoms with Gasteiger partial charge in [0.1, 0.15) is 5.82 Å². The van der Waals surface area contributed by atoms with Gasteiger partial charge in [-0.25, -0.2) is 4.98 Å². The highest BCUT2D eigenvalue weighted by Gasteiger charge is 2.17. The Morgan fingerprint density at radius 1 is 1.50 bits per heavy atom. The standard InChI is InChI=1S/C10H14BrN3/c11-8-3-4-10(13-6-8)14-5-1-2-9(12)7-14/h3-4,6,9H,1-2,5,7,12H2. The van der Waals surface area contributed by atoms with Crippen molar-refractivity contribution in [2.45, 2.75) is 18.9 Å². The van der Waals surface area contributed by atoms with Gasteiger partial charge in [0.2, 0.25) is 0 Å². The topological polar surface area (TPSA) is 42.1 Å². The van der Waals surface area contributed by atoms with Crippen LogP contribution in [0.15, 0.2) is 22.8 Å². The third-order valence-electron chi connectivity index (χ3n) is 2.49. The van der Waals surface area contributed by atoms with Crippen LogP contribution in [0.25, 0.3) is 0 Å². The number of anilines is 1. The number of piperidine rings is 1. The van der Waals surface area contributed by atoms with Crippen LogP contribution in [0, 0.1) is 0 Å². The molecule has 0 bridgehead atoms. The van der Waals surface area contributed by atoms with Crippen LogP contribution in [0.1, 0.15) is 12.8 Å². The molecule has 1 fully saturated rings. The Balaban J connectivity index is 2.10. The number of nitrogens with zero attached hydrogens (tertiary/aromatic N) is 2. The number of rotatable bonds is 1. The van der Waals surface area contributed by atoms with Crippen molar-refractivity contribution >= 4 is 21.7 Å². The molecule has 1 aromatic rings. The molecular weight excluding hydrogens is 242 g/mol. The summed E-state index contributed by atoms with van der Waals surface area (Å²) in [6.07, 6.45) is 4.13. The molecule has 1 aliphatic rings. The Hall–Kier alpha value is -0.610. The summed E-state index contributed by atoms with van der Waals surface area (Å²) >= 11 is 3.38. The lowest BCUT2D eigenvalue weighted by molar-refractivity contribution is 0.503. The average molecular weight is 256 g/mol. The van der Waals surface area contributed by atoms with Crippen LogP contribution >= 0.6 is 15.9 Å². The maximum absolute atomic E-state index is 5.91. The Morgan fingerprint density at radius 3 is 3.00 bits per heavy atom. The molecule has 2 rings (SSSR count). The summed E-state index contributed by atoms with van der Waals surface area (Å²) in [5.41, 5.74) is 5.91. The van der Waals surface area contributed by atoms with Crippen molar-refractivity contribution in [1.29, 1.82) is 0 Å². The molecule has 1 aromatic heterocycles. The summed E-state index contributed by atoms with van der Waals surface area (Å²) in [4.78, 5) is 6.61. The van der Waals surface area contributed by atoms with Crippen LogP contribution in [-0.4, -0.2) is 24.1 Å². The molecule has 0 radical (unpaired) electrons. The van der Waals surface area contributed by atoms with Gasteiger partial charge in [0.15, 0.2) is 0 Å². The van der Waals surface area contributed by atoms with Gasteiger partial charge in [-0.2, -0.15) is 0 Å². The third-order valence-corrected chi connectivity index (χ3v) is 2.96. The number of hydrogen-bond donors (Lipinski definition) is 1. The van der Waals surface area contributed by atoms with E-state index in [0.29, 0.717) is 6.04 Å². The monoisotopic (exact) mass is 255 g/mol. The van der Waals surface area contributed by atoms with Crippen molar-refractivity contribution < 1.29 is 0 Å². The fourth-order valence-electron chi connectivity index (χ4n) is 1.77. The van der Waals surface area contributed by atoms with Crippen LogP contribution in [-0.2, 0) is 0 Å². The van der Waals surface area contributed by atoms with E-state index in [2.05, 4.69) is 25.8 Å². The molecule has 0 aliphatic carbocycles. The first kappa shape index (κ1) is 9.93. The van der Waals surface area contributed by atoms with Gasteiger partial charge >= 0.3 is 0 Å². The Bertz CT molecular complexity index is 299. The van der Waals surface area contributed by atoms with E-state index in [0.717, 1.165) is 29.8 Å². The van der Waals surface area contributed by atoms with Gasteiger partial charge in [0.05, 0.1) is 0 Å². The molecular formula is C10H14BrN3. The molecule has 0 aromatic carbocycles. The maximum Gasteiger partial charge on any atom is 0.128 e. The fourth-order valence-corrected chi connectivity index (χ4v) is 2.01. The number of nitrogens with two attached hydrogens (primary N) is 1. The van der Waals surface area contributed by atoms with Gasteiger partial charge in [-0.05, 0) is 40.9 Å². The Labute approximate surface area is 92.4 Å². The number of halogens is 1. The number of pyridine rings is 1. The van der Waals surface area contributed by atoms with Crippen molar-refractivity contribution in [2.24, 2.45) is 5.73 Å². The summed E-state index contributed by atoms with van der Waals surface area (Å²) in [6, 6.07) is 4.35. The molecule has 0 amide bonds. The predicted molar refractivity (Wildman–Crippen MR) is 61.4 cm³/mol. The Morgan fingerprint density at radius 2 is 2.36 bits per heavy atom. The molecule has 0 saturated carbocycles. The van der Waals surface area contributed by atoms with Crippen LogP contribution in [0.4, 0.5) is 5.82 Å². The Kier molecular flexibility index (Phi) is 3.03. The summed E-state index contributed by atoms with van der Waals surface area (Å²) in [7, 11) is 0. The summed E-state index contributed by atoms with van der Waals surface area (Å²) < 4.78 is 1.02. The molecule has 2 heterocycles.